The Balaban J connectivity index is 2.49. The van der Waals surface area contributed by atoms with Crippen molar-refractivity contribution in [3.63, 3.8) is 0 Å². The van der Waals surface area contributed by atoms with Gasteiger partial charge in [0.25, 0.3) is 0 Å². The summed E-state index contributed by atoms with van der Waals surface area (Å²) in [5, 5.41) is 4.06. The van der Waals surface area contributed by atoms with Gasteiger partial charge in [-0.2, -0.15) is 0 Å². The number of ether oxygens (including phenoxy) is 1. The number of anilines is 2. The number of halogens is 1. The molecule has 2 rings (SSSR count). The highest BCUT2D eigenvalue weighted by molar-refractivity contribution is 6.32. The van der Waals surface area contributed by atoms with Crippen LogP contribution in [0, 0.1) is 6.92 Å². The van der Waals surface area contributed by atoms with Gasteiger partial charge >= 0.3 is 6.09 Å². The van der Waals surface area contributed by atoms with E-state index in [-0.39, 0.29) is 11.6 Å². The van der Waals surface area contributed by atoms with Crippen molar-refractivity contribution >= 4 is 29.1 Å². The first-order valence-corrected chi connectivity index (χ1v) is 7.47. The van der Waals surface area contributed by atoms with Crippen LogP contribution in [-0.2, 0) is 4.74 Å². The molecule has 1 aliphatic rings. The number of fused-ring (bicyclic) bond motifs is 1. The van der Waals surface area contributed by atoms with Gasteiger partial charge < -0.3 is 10.1 Å². The first-order chi connectivity index (χ1) is 9.53. The van der Waals surface area contributed by atoms with E-state index >= 15 is 0 Å². The number of hydrogen-bond donors (Lipinski definition) is 1. The van der Waals surface area contributed by atoms with Crippen LogP contribution < -0.4 is 10.2 Å². The quantitative estimate of drug-likeness (QED) is 0.761. The van der Waals surface area contributed by atoms with E-state index in [4.69, 9.17) is 16.3 Å². The molecule has 0 atom stereocenters. The van der Waals surface area contributed by atoms with Crippen molar-refractivity contribution in [2.24, 2.45) is 0 Å². The largest absolute Gasteiger partial charge is 0.443 e. The number of hydrogen-bond acceptors (Lipinski definition) is 3. The third-order valence-electron chi connectivity index (χ3n) is 3.50. The second-order valence-corrected chi connectivity index (χ2v) is 7.46. The van der Waals surface area contributed by atoms with Crippen LogP contribution in [0.2, 0.25) is 5.02 Å². The predicted molar refractivity (Wildman–Crippen MR) is 87.5 cm³/mol. The molecule has 0 saturated carbocycles. The topological polar surface area (TPSA) is 41.6 Å². The van der Waals surface area contributed by atoms with Gasteiger partial charge in [0.1, 0.15) is 5.60 Å². The highest BCUT2D eigenvalue weighted by Gasteiger charge is 2.40. The van der Waals surface area contributed by atoms with E-state index in [1.807, 2.05) is 53.7 Å². The molecule has 0 fully saturated rings. The summed E-state index contributed by atoms with van der Waals surface area (Å²) in [7, 11) is 0. The van der Waals surface area contributed by atoms with E-state index in [9.17, 15) is 4.79 Å². The van der Waals surface area contributed by atoms with Gasteiger partial charge in [0.05, 0.1) is 16.9 Å². The van der Waals surface area contributed by atoms with Gasteiger partial charge in [-0.25, -0.2) is 4.79 Å². The Morgan fingerprint density at radius 3 is 2.57 bits per heavy atom. The normalized spacial score (nSPS) is 17.0. The van der Waals surface area contributed by atoms with Gasteiger partial charge in [0.15, 0.2) is 0 Å². The van der Waals surface area contributed by atoms with Gasteiger partial charge in [-0.05, 0) is 59.2 Å². The summed E-state index contributed by atoms with van der Waals surface area (Å²) in [6, 6.07) is 3.68. The molecule has 1 amide bonds. The fourth-order valence-corrected chi connectivity index (χ4v) is 2.60. The minimum absolute atomic E-state index is 0.336. The van der Waals surface area contributed by atoms with Crippen LogP contribution in [0.1, 0.15) is 40.2 Å². The summed E-state index contributed by atoms with van der Waals surface area (Å²) >= 11 is 6.18. The first kappa shape index (κ1) is 16.0. The number of benzene rings is 1. The third kappa shape index (κ3) is 3.10. The van der Waals surface area contributed by atoms with E-state index in [2.05, 4.69) is 5.32 Å². The number of carbonyl (C=O) groups is 1. The second kappa shape index (κ2) is 5.09. The lowest BCUT2D eigenvalue weighted by atomic mass is 9.96. The molecule has 1 N–H and O–H groups in total. The summed E-state index contributed by atoms with van der Waals surface area (Å²) in [6.45, 7) is 12.2. The van der Waals surface area contributed by atoms with Crippen molar-refractivity contribution in [3.05, 3.63) is 22.7 Å². The molecule has 0 spiro atoms. The zero-order valence-electron chi connectivity index (χ0n) is 13.5. The van der Waals surface area contributed by atoms with Crippen molar-refractivity contribution in [1.82, 2.24) is 0 Å². The van der Waals surface area contributed by atoms with Crippen LogP contribution >= 0.6 is 11.6 Å². The Labute approximate surface area is 131 Å². The summed E-state index contributed by atoms with van der Waals surface area (Å²) in [6.07, 6.45) is -0.336. The van der Waals surface area contributed by atoms with Gasteiger partial charge in [0.2, 0.25) is 0 Å². The van der Waals surface area contributed by atoms with E-state index < -0.39 is 5.60 Å². The molecular formula is C16H23ClN2O2. The molecule has 1 aliphatic heterocycles. The number of nitrogens with zero attached hydrogens (tertiary/aromatic N) is 1. The van der Waals surface area contributed by atoms with Crippen LogP contribution in [0.4, 0.5) is 16.2 Å². The highest BCUT2D eigenvalue weighted by Crippen LogP contribution is 2.41. The Bertz CT molecular complexity index is 576. The van der Waals surface area contributed by atoms with Gasteiger partial charge in [-0.3, -0.25) is 4.90 Å². The molecule has 116 valence electrons. The lowest BCUT2D eigenvalue weighted by Gasteiger charge is -2.44. The molecule has 4 nitrogen and oxygen atoms in total. The molecule has 21 heavy (non-hydrogen) atoms. The smallest absolute Gasteiger partial charge is 0.415 e. The standard InChI is InChI=1S/C16H23ClN2O2/c1-10-11(17)7-8-12-13(10)18-9-16(5,6)19(12)14(20)21-15(2,3)4/h7-8,18H,9H2,1-6H3. The molecular weight excluding hydrogens is 288 g/mol. The van der Waals surface area contributed by atoms with E-state index in [1.54, 1.807) is 4.90 Å². The Hall–Kier alpha value is -1.42. The van der Waals surface area contributed by atoms with Crippen molar-refractivity contribution in [2.75, 3.05) is 16.8 Å². The average Bonchev–Trinajstić information content (AvgIpc) is 2.30. The van der Waals surface area contributed by atoms with Crippen LogP contribution in [0.15, 0.2) is 12.1 Å². The fraction of sp³-hybridized carbons (Fsp3) is 0.562. The van der Waals surface area contributed by atoms with Crippen LogP contribution in [0.25, 0.3) is 0 Å². The number of carbonyl (C=O) groups excluding carboxylic acids is 1. The second-order valence-electron chi connectivity index (χ2n) is 7.05. The summed E-state index contributed by atoms with van der Waals surface area (Å²) in [4.78, 5) is 14.3. The molecule has 5 heteroatoms. The van der Waals surface area contributed by atoms with Gasteiger partial charge in [-0.1, -0.05) is 11.6 Å². The first-order valence-electron chi connectivity index (χ1n) is 7.09. The lowest BCUT2D eigenvalue weighted by Crippen LogP contribution is -2.56. The van der Waals surface area contributed by atoms with Crippen LogP contribution in [0.3, 0.4) is 0 Å². The molecule has 1 heterocycles. The molecule has 1 aromatic carbocycles. The molecule has 0 aliphatic carbocycles. The monoisotopic (exact) mass is 310 g/mol. The SMILES string of the molecule is Cc1c(Cl)ccc2c1NCC(C)(C)N2C(=O)OC(C)(C)C. The van der Waals surface area contributed by atoms with E-state index in [1.165, 1.54) is 0 Å². The third-order valence-corrected chi connectivity index (χ3v) is 3.91. The van der Waals surface area contributed by atoms with Gasteiger partial charge in [-0.15, -0.1) is 0 Å². The van der Waals surface area contributed by atoms with Crippen molar-refractivity contribution < 1.29 is 9.53 Å². The Kier molecular flexibility index (Phi) is 3.87. The minimum Gasteiger partial charge on any atom is -0.443 e. The average molecular weight is 311 g/mol. The zero-order chi connectivity index (χ0) is 16.0. The summed E-state index contributed by atoms with van der Waals surface area (Å²) in [5.41, 5.74) is 1.74. The highest BCUT2D eigenvalue weighted by atomic mass is 35.5. The molecule has 0 aromatic heterocycles. The maximum atomic E-state index is 12.6. The molecule has 0 saturated heterocycles. The Morgan fingerprint density at radius 2 is 2.00 bits per heavy atom. The molecule has 0 bridgehead atoms. The number of nitrogens with one attached hydrogen (secondary N) is 1. The number of rotatable bonds is 0. The predicted octanol–water partition coefficient (Wildman–Crippen LogP) is 4.59. The van der Waals surface area contributed by atoms with E-state index in [0.717, 1.165) is 16.9 Å². The van der Waals surface area contributed by atoms with Gasteiger partial charge in [0, 0.05) is 11.6 Å². The van der Waals surface area contributed by atoms with Crippen LogP contribution in [0.5, 0.6) is 0 Å². The molecule has 1 aromatic rings. The molecule has 0 unspecified atom stereocenters. The minimum atomic E-state index is -0.528. The van der Waals surface area contributed by atoms with Crippen molar-refractivity contribution in [2.45, 2.75) is 52.7 Å². The van der Waals surface area contributed by atoms with Crippen LogP contribution in [-0.4, -0.2) is 23.8 Å². The lowest BCUT2D eigenvalue weighted by molar-refractivity contribution is 0.0546. The number of amides is 1. The maximum absolute atomic E-state index is 12.6. The summed E-state index contributed by atoms with van der Waals surface area (Å²) in [5.74, 6) is 0. The fourth-order valence-electron chi connectivity index (χ4n) is 2.44. The maximum Gasteiger partial charge on any atom is 0.415 e. The zero-order valence-corrected chi connectivity index (χ0v) is 14.3. The Morgan fingerprint density at radius 1 is 1.38 bits per heavy atom. The summed E-state index contributed by atoms with van der Waals surface area (Å²) < 4.78 is 5.57. The van der Waals surface area contributed by atoms with Crippen molar-refractivity contribution in [1.29, 1.82) is 0 Å². The molecule has 0 radical (unpaired) electrons. The van der Waals surface area contributed by atoms with E-state index in [0.29, 0.717) is 11.6 Å². The van der Waals surface area contributed by atoms with Crippen molar-refractivity contribution in [3.8, 4) is 0 Å².